The van der Waals surface area contributed by atoms with Crippen molar-refractivity contribution in [1.82, 2.24) is 9.80 Å². The third-order valence-corrected chi connectivity index (χ3v) is 6.94. The fraction of sp³-hybridized carbons (Fsp3) is 0.429. The van der Waals surface area contributed by atoms with Gasteiger partial charge < -0.3 is 14.9 Å². The van der Waals surface area contributed by atoms with Gasteiger partial charge in [-0.1, -0.05) is 68.6 Å². The van der Waals surface area contributed by atoms with Crippen molar-refractivity contribution in [2.24, 2.45) is 0 Å². The molecule has 1 saturated heterocycles. The molecule has 1 unspecified atom stereocenters. The lowest BCUT2D eigenvalue weighted by Crippen LogP contribution is -2.34. The quantitative estimate of drug-likeness (QED) is 0.113. The number of carbonyl (C=O) groups excluding carboxylic acids is 2. The van der Waals surface area contributed by atoms with Crippen molar-refractivity contribution < 1.29 is 19.6 Å². The summed E-state index contributed by atoms with van der Waals surface area (Å²) in [6, 6.07) is 11.4. The number of rotatable bonds is 13. The second-order valence-corrected chi connectivity index (χ2v) is 9.63. The number of aliphatic hydroxyl groups is 1. The first-order valence-corrected chi connectivity index (χ1v) is 13.2. The number of halogens is 1. The summed E-state index contributed by atoms with van der Waals surface area (Å²) in [6.07, 6.45) is 5.04. The predicted molar refractivity (Wildman–Crippen MR) is 144 cm³/mol. The number of Topliss-reactive ketones (excluding diaryl/α,β-unsaturated/α-hetero) is 1. The lowest BCUT2D eigenvalue weighted by atomic mass is 9.95. The molecule has 2 aromatic carbocycles. The molecule has 0 radical (unpaired) electrons. The van der Waals surface area contributed by atoms with Crippen molar-refractivity contribution in [2.45, 2.75) is 52.0 Å². The van der Waals surface area contributed by atoms with E-state index in [-0.39, 0.29) is 16.8 Å². The number of likely N-dealkylation sites (tertiary alicyclic amines) is 1. The van der Waals surface area contributed by atoms with Crippen molar-refractivity contribution in [1.29, 1.82) is 0 Å². The van der Waals surface area contributed by atoms with Gasteiger partial charge in [-0.3, -0.25) is 19.7 Å². The van der Waals surface area contributed by atoms with E-state index in [0.29, 0.717) is 23.6 Å². The molecule has 37 heavy (non-hydrogen) atoms. The molecule has 1 N–H and O–H groups in total. The summed E-state index contributed by atoms with van der Waals surface area (Å²) in [5, 5.41) is 22.8. The lowest BCUT2D eigenvalue weighted by Gasteiger charge is -2.28. The van der Waals surface area contributed by atoms with Crippen LogP contribution in [0.5, 0.6) is 0 Å². The SMILES string of the molecule is CCCCN(CCCC)CCCN1C(=O)C(=O)/C(=C(\O)c2cccc([N+](=O)[O-])c2)C1c1ccccc1Cl. The van der Waals surface area contributed by atoms with Gasteiger partial charge in [0.25, 0.3) is 17.4 Å². The standard InChI is InChI=1S/C28H34ClN3O5/c1-3-5-15-30(16-6-4-2)17-10-18-31-25(22-13-7-8-14-23(22)29)24(27(34)28(31)35)26(33)20-11-9-12-21(19-20)32(36)37/h7-9,11-14,19,25,33H,3-6,10,15-18H2,1-2H3/b26-24-. The van der Waals surface area contributed by atoms with E-state index in [1.807, 2.05) is 0 Å². The predicted octanol–water partition coefficient (Wildman–Crippen LogP) is 5.96. The second-order valence-electron chi connectivity index (χ2n) is 9.22. The van der Waals surface area contributed by atoms with Crippen molar-refractivity contribution in [3.63, 3.8) is 0 Å². The number of hydrogen-bond acceptors (Lipinski definition) is 6. The van der Waals surface area contributed by atoms with Crippen LogP contribution in [0.4, 0.5) is 5.69 Å². The van der Waals surface area contributed by atoms with Crippen LogP contribution in [0.2, 0.25) is 5.02 Å². The van der Waals surface area contributed by atoms with Gasteiger partial charge in [0.2, 0.25) is 0 Å². The Balaban J connectivity index is 1.97. The Morgan fingerprint density at radius 3 is 2.30 bits per heavy atom. The van der Waals surface area contributed by atoms with Crippen molar-refractivity contribution in [3.8, 4) is 0 Å². The first-order valence-electron chi connectivity index (χ1n) is 12.8. The molecule has 198 valence electrons. The number of unbranched alkanes of at least 4 members (excludes halogenated alkanes) is 2. The minimum Gasteiger partial charge on any atom is -0.507 e. The molecule has 0 bridgehead atoms. The van der Waals surface area contributed by atoms with Gasteiger partial charge in [0.15, 0.2) is 0 Å². The Morgan fingerprint density at radius 2 is 1.68 bits per heavy atom. The van der Waals surface area contributed by atoms with E-state index in [2.05, 4.69) is 18.7 Å². The molecule has 1 heterocycles. The van der Waals surface area contributed by atoms with Gasteiger partial charge in [0.1, 0.15) is 5.76 Å². The number of nitro benzene ring substituents is 1. The fourth-order valence-electron chi connectivity index (χ4n) is 4.62. The van der Waals surface area contributed by atoms with Crippen LogP contribution in [0.25, 0.3) is 5.76 Å². The Bertz CT molecular complexity index is 1160. The zero-order valence-electron chi connectivity index (χ0n) is 21.4. The summed E-state index contributed by atoms with van der Waals surface area (Å²) in [7, 11) is 0. The van der Waals surface area contributed by atoms with E-state index < -0.39 is 28.4 Å². The first kappa shape index (κ1) is 28.3. The molecule has 8 nitrogen and oxygen atoms in total. The number of carbonyl (C=O) groups is 2. The number of ketones is 1. The molecular formula is C28H34ClN3O5. The highest BCUT2D eigenvalue weighted by atomic mass is 35.5. The lowest BCUT2D eigenvalue weighted by molar-refractivity contribution is -0.384. The summed E-state index contributed by atoms with van der Waals surface area (Å²) in [5.74, 6) is -2.00. The number of aliphatic hydroxyl groups excluding tert-OH is 1. The topological polar surface area (TPSA) is 104 Å². The van der Waals surface area contributed by atoms with Crippen molar-refractivity contribution in [3.05, 3.63) is 80.4 Å². The van der Waals surface area contributed by atoms with Crippen LogP contribution in [-0.4, -0.2) is 57.7 Å². The maximum absolute atomic E-state index is 13.2. The molecule has 1 fully saturated rings. The average Bonchev–Trinajstić information content (AvgIpc) is 3.14. The van der Waals surface area contributed by atoms with Gasteiger partial charge in [-0.15, -0.1) is 0 Å². The molecule has 0 aliphatic carbocycles. The number of nitrogens with zero attached hydrogens (tertiary/aromatic N) is 3. The van der Waals surface area contributed by atoms with Crippen LogP contribution < -0.4 is 0 Å². The highest BCUT2D eigenvalue weighted by molar-refractivity contribution is 6.47. The highest BCUT2D eigenvalue weighted by Crippen LogP contribution is 2.42. The summed E-state index contributed by atoms with van der Waals surface area (Å²) >= 11 is 6.50. The van der Waals surface area contributed by atoms with E-state index in [9.17, 15) is 24.8 Å². The van der Waals surface area contributed by atoms with Gasteiger partial charge in [-0.05, 0) is 50.5 Å². The fourth-order valence-corrected chi connectivity index (χ4v) is 4.86. The normalized spacial score (nSPS) is 17.1. The molecule has 0 spiro atoms. The maximum atomic E-state index is 13.2. The maximum Gasteiger partial charge on any atom is 0.295 e. The number of amides is 1. The molecule has 1 amide bonds. The summed E-state index contributed by atoms with van der Waals surface area (Å²) in [4.78, 5) is 41.0. The highest BCUT2D eigenvalue weighted by Gasteiger charge is 2.46. The molecule has 1 aliphatic rings. The van der Waals surface area contributed by atoms with E-state index in [1.165, 1.54) is 29.2 Å². The van der Waals surface area contributed by atoms with E-state index >= 15 is 0 Å². The zero-order chi connectivity index (χ0) is 26.9. The monoisotopic (exact) mass is 527 g/mol. The van der Waals surface area contributed by atoms with Crippen molar-refractivity contribution >= 4 is 34.7 Å². The molecule has 1 atom stereocenters. The second kappa shape index (κ2) is 13.4. The average molecular weight is 528 g/mol. The van der Waals surface area contributed by atoms with Crippen molar-refractivity contribution in [2.75, 3.05) is 26.2 Å². The minimum atomic E-state index is -0.896. The van der Waals surface area contributed by atoms with Crippen LogP contribution in [0.15, 0.2) is 54.1 Å². The van der Waals surface area contributed by atoms with Crippen LogP contribution >= 0.6 is 11.6 Å². The molecule has 0 saturated carbocycles. The Kier molecular flexibility index (Phi) is 10.2. The zero-order valence-corrected chi connectivity index (χ0v) is 22.1. The largest absolute Gasteiger partial charge is 0.507 e. The summed E-state index contributed by atoms with van der Waals surface area (Å²) in [6.45, 7) is 7.36. The molecule has 1 aliphatic heterocycles. The summed E-state index contributed by atoms with van der Waals surface area (Å²) in [5.41, 5.74) is 0.262. The Morgan fingerprint density at radius 1 is 1.03 bits per heavy atom. The number of benzene rings is 2. The van der Waals surface area contributed by atoms with Gasteiger partial charge in [-0.25, -0.2) is 0 Å². The van der Waals surface area contributed by atoms with Gasteiger partial charge in [-0.2, -0.15) is 0 Å². The number of nitro groups is 1. The van der Waals surface area contributed by atoms with Crippen LogP contribution in [0.3, 0.4) is 0 Å². The Labute approximate surface area is 222 Å². The van der Waals surface area contributed by atoms with Crippen LogP contribution in [0.1, 0.15) is 63.1 Å². The molecule has 3 rings (SSSR count). The summed E-state index contributed by atoms with van der Waals surface area (Å²) < 4.78 is 0. The number of non-ortho nitro benzene ring substituents is 1. The minimum absolute atomic E-state index is 0.0922. The third kappa shape index (κ3) is 6.76. The van der Waals surface area contributed by atoms with Gasteiger partial charge in [0, 0.05) is 29.3 Å². The third-order valence-electron chi connectivity index (χ3n) is 6.60. The smallest absolute Gasteiger partial charge is 0.295 e. The molecule has 9 heteroatoms. The Hall–Kier alpha value is -3.23. The van der Waals surface area contributed by atoms with E-state index in [1.54, 1.807) is 24.3 Å². The van der Waals surface area contributed by atoms with Crippen LogP contribution in [-0.2, 0) is 9.59 Å². The first-order chi connectivity index (χ1) is 17.8. The van der Waals surface area contributed by atoms with Crippen LogP contribution in [0, 0.1) is 10.1 Å². The van der Waals surface area contributed by atoms with Gasteiger partial charge in [0.05, 0.1) is 16.5 Å². The van der Waals surface area contributed by atoms with Gasteiger partial charge >= 0.3 is 0 Å². The van der Waals surface area contributed by atoms with E-state index in [0.717, 1.165) is 45.3 Å². The number of hydrogen-bond donors (Lipinski definition) is 1. The molecule has 2 aromatic rings. The molecular weight excluding hydrogens is 494 g/mol. The van der Waals surface area contributed by atoms with E-state index in [4.69, 9.17) is 11.6 Å². The molecule has 0 aromatic heterocycles.